The quantitative estimate of drug-likeness (QED) is 0.425. The number of thioether (sulfide) groups is 2. The van der Waals surface area contributed by atoms with Gasteiger partial charge in [0, 0.05) is 6.20 Å². The largest absolute Gasteiger partial charge is 0.286 e. The zero-order valence-electron chi connectivity index (χ0n) is 9.12. The summed E-state index contributed by atoms with van der Waals surface area (Å²) in [5.41, 5.74) is 2.08. The first-order chi connectivity index (χ1) is 8.15. The molecular weight excluding hydrogens is 284 g/mol. The van der Waals surface area contributed by atoms with Gasteiger partial charge in [-0.25, -0.2) is 5.06 Å². The lowest BCUT2D eigenvalue weighted by Crippen LogP contribution is -2.31. The normalized spacial score (nSPS) is 21.1. The Bertz CT molecular complexity index is 316. The van der Waals surface area contributed by atoms with Gasteiger partial charge in [0.15, 0.2) is 0 Å². The highest BCUT2D eigenvalue weighted by atomic mass is 35.5. The van der Waals surface area contributed by atoms with Crippen molar-refractivity contribution < 1.29 is 10.0 Å². The van der Waals surface area contributed by atoms with E-state index < -0.39 is 16.8 Å². The van der Waals surface area contributed by atoms with Gasteiger partial charge in [0.25, 0.3) is 0 Å². The van der Waals surface area contributed by atoms with Gasteiger partial charge < -0.3 is 0 Å². The highest BCUT2D eigenvalue weighted by molar-refractivity contribution is 8.02. The topological polar surface area (TPSA) is 77.3 Å². The number of carbonyl (C=O) groups is 1. The Kier molecular flexibility index (Phi) is 6.71. The fraction of sp³-hybridized carbons (Fsp3) is 0.625. The van der Waals surface area contributed by atoms with Crippen LogP contribution in [0.5, 0.6) is 0 Å². The molecule has 0 aromatic rings. The summed E-state index contributed by atoms with van der Waals surface area (Å²) in [6.45, 7) is 0. The first-order valence-corrected chi connectivity index (χ1v) is 7.49. The standard InChI is InChI=1S/C8H13ClN4O2S2/c1-16-4-2-6(7(9)14)10-12-11-8-13(15)3-5-17-8/h3,5-6,8,15H,2,4H2,1H3,(H,10,11). The van der Waals surface area contributed by atoms with Gasteiger partial charge in [-0.05, 0) is 35.4 Å². The molecule has 0 saturated heterocycles. The lowest BCUT2D eigenvalue weighted by atomic mass is 10.3. The van der Waals surface area contributed by atoms with E-state index in [1.165, 1.54) is 18.0 Å². The number of carbonyl (C=O) groups excluding carboxylic acids is 1. The van der Waals surface area contributed by atoms with Crippen LogP contribution in [0, 0.1) is 0 Å². The second-order valence-electron chi connectivity index (χ2n) is 3.11. The van der Waals surface area contributed by atoms with Crippen molar-refractivity contribution in [1.29, 1.82) is 0 Å². The Morgan fingerprint density at radius 1 is 1.82 bits per heavy atom. The lowest BCUT2D eigenvalue weighted by molar-refractivity contribution is -0.113. The van der Waals surface area contributed by atoms with E-state index >= 15 is 0 Å². The molecule has 9 heteroatoms. The van der Waals surface area contributed by atoms with Gasteiger partial charge in [-0.2, -0.15) is 11.8 Å². The number of nitrogens with one attached hydrogen (secondary N) is 1. The van der Waals surface area contributed by atoms with Crippen LogP contribution in [0.4, 0.5) is 0 Å². The predicted octanol–water partition coefficient (Wildman–Crippen LogP) is 2.02. The van der Waals surface area contributed by atoms with Gasteiger partial charge in [0.05, 0.1) is 0 Å². The molecule has 1 rings (SSSR count). The Morgan fingerprint density at radius 3 is 3.12 bits per heavy atom. The van der Waals surface area contributed by atoms with Gasteiger partial charge in [0.2, 0.25) is 10.7 Å². The second-order valence-corrected chi connectivity index (χ2v) is 5.43. The smallest absolute Gasteiger partial charge is 0.245 e. The van der Waals surface area contributed by atoms with Crippen LogP contribution in [0.15, 0.2) is 21.9 Å². The number of hydrogen-bond donors (Lipinski definition) is 2. The SMILES string of the molecule is CSCCC(NN=NC1SC=CN1O)C(=O)Cl. The number of hydrogen-bond acceptors (Lipinski definition) is 7. The average Bonchev–Trinajstić information content (AvgIpc) is 2.69. The summed E-state index contributed by atoms with van der Waals surface area (Å²) >= 11 is 8.34. The molecule has 2 N–H and O–H groups in total. The molecule has 0 spiro atoms. The number of halogens is 1. The molecular formula is C8H13ClN4O2S2. The predicted molar refractivity (Wildman–Crippen MR) is 69.8 cm³/mol. The molecule has 6 nitrogen and oxygen atoms in total. The molecule has 1 heterocycles. The maximum Gasteiger partial charge on any atom is 0.245 e. The van der Waals surface area contributed by atoms with E-state index in [0.29, 0.717) is 6.42 Å². The van der Waals surface area contributed by atoms with Crippen LogP contribution < -0.4 is 5.43 Å². The zero-order valence-corrected chi connectivity index (χ0v) is 11.5. The van der Waals surface area contributed by atoms with Gasteiger partial charge in [-0.1, -0.05) is 17.0 Å². The molecule has 1 aliphatic rings. The van der Waals surface area contributed by atoms with Crippen LogP contribution in [0.1, 0.15) is 6.42 Å². The molecule has 0 amide bonds. The first-order valence-electron chi connectivity index (χ1n) is 4.78. The lowest BCUT2D eigenvalue weighted by Gasteiger charge is -2.13. The Hall–Kier alpha value is -0.440. The molecule has 0 radical (unpaired) electrons. The summed E-state index contributed by atoms with van der Waals surface area (Å²) in [4.78, 5) is 11.1. The number of hydroxylamine groups is 2. The Labute approximate surface area is 113 Å². The van der Waals surface area contributed by atoms with Crippen molar-refractivity contribution in [2.75, 3.05) is 12.0 Å². The molecule has 2 unspecified atom stereocenters. The van der Waals surface area contributed by atoms with Crippen LogP contribution in [0.25, 0.3) is 0 Å². The van der Waals surface area contributed by atoms with Gasteiger partial charge in [-0.3, -0.25) is 15.4 Å². The second kappa shape index (κ2) is 7.80. The van der Waals surface area contributed by atoms with E-state index in [-0.39, 0.29) is 0 Å². The summed E-state index contributed by atoms with van der Waals surface area (Å²) in [6, 6.07) is -0.542. The fourth-order valence-corrected chi connectivity index (χ4v) is 2.26. The number of nitrogens with zero attached hydrogens (tertiary/aromatic N) is 3. The van der Waals surface area contributed by atoms with E-state index in [1.54, 1.807) is 17.2 Å². The van der Waals surface area contributed by atoms with Crippen LogP contribution >= 0.6 is 35.1 Å². The van der Waals surface area contributed by atoms with Gasteiger partial charge >= 0.3 is 0 Å². The minimum atomic E-state index is -0.542. The van der Waals surface area contributed by atoms with Crippen LogP contribution in [0.2, 0.25) is 0 Å². The molecule has 0 bridgehead atoms. The maximum atomic E-state index is 11.1. The molecule has 0 aromatic heterocycles. The van der Waals surface area contributed by atoms with Crippen molar-refractivity contribution in [3.8, 4) is 0 Å². The van der Waals surface area contributed by atoms with E-state index in [0.717, 1.165) is 10.8 Å². The third kappa shape index (κ3) is 5.15. The van der Waals surface area contributed by atoms with Gasteiger partial charge in [-0.15, -0.1) is 5.11 Å². The summed E-state index contributed by atoms with van der Waals surface area (Å²) in [6.07, 6.45) is 4.01. The Balaban J connectivity index is 2.35. The molecule has 1 aliphatic heterocycles. The van der Waals surface area contributed by atoms with Crippen LogP contribution in [0.3, 0.4) is 0 Å². The van der Waals surface area contributed by atoms with Crippen molar-refractivity contribution in [1.82, 2.24) is 10.5 Å². The van der Waals surface area contributed by atoms with Crippen molar-refractivity contribution in [3.05, 3.63) is 11.6 Å². The van der Waals surface area contributed by atoms with Crippen molar-refractivity contribution in [3.63, 3.8) is 0 Å². The summed E-state index contributed by atoms with van der Waals surface area (Å²) in [5, 5.41) is 18.9. The first kappa shape index (κ1) is 14.6. The van der Waals surface area contributed by atoms with Crippen LogP contribution in [-0.4, -0.2) is 39.1 Å². The van der Waals surface area contributed by atoms with E-state index in [1.807, 2.05) is 6.26 Å². The van der Waals surface area contributed by atoms with Crippen molar-refractivity contribution in [2.24, 2.45) is 10.3 Å². The zero-order chi connectivity index (χ0) is 12.7. The summed E-state index contributed by atoms with van der Waals surface area (Å²) < 4.78 is 0. The highest BCUT2D eigenvalue weighted by Gasteiger charge is 2.18. The number of rotatable bonds is 7. The molecule has 96 valence electrons. The fourth-order valence-electron chi connectivity index (χ4n) is 1.00. The molecule has 0 aliphatic carbocycles. The highest BCUT2D eigenvalue weighted by Crippen LogP contribution is 2.23. The van der Waals surface area contributed by atoms with Crippen molar-refractivity contribution >= 4 is 40.4 Å². The molecule has 17 heavy (non-hydrogen) atoms. The third-order valence-electron chi connectivity index (χ3n) is 1.89. The Morgan fingerprint density at radius 2 is 2.59 bits per heavy atom. The summed E-state index contributed by atoms with van der Waals surface area (Å²) in [5.74, 6) is 0.803. The van der Waals surface area contributed by atoms with Gasteiger partial charge in [0.1, 0.15) is 6.04 Å². The van der Waals surface area contributed by atoms with Crippen LogP contribution in [-0.2, 0) is 4.79 Å². The molecule has 0 fully saturated rings. The molecule has 2 atom stereocenters. The van der Waals surface area contributed by atoms with E-state index in [2.05, 4.69) is 15.8 Å². The minimum absolute atomic E-state index is 0.490. The molecule has 0 aromatic carbocycles. The monoisotopic (exact) mass is 296 g/mol. The maximum absolute atomic E-state index is 11.1. The van der Waals surface area contributed by atoms with E-state index in [9.17, 15) is 10.0 Å². The molecule has 0 saturated carbocycles. The third-order valence-corrected chi connectivity index (χ3v) is 3.63. The van der Waals surface area contributed by atoms with E-state index in [4.69, 9.17) is 11.6 Å². The minimum Gasteiger partial charge on any atom is -0.286 e. The summed E-state index contributed by atoms with van der Waals surface area (Å²) in [7, 11) is 0. The van der Waals surface area contributed by atoms with Crippen molar-refractivity contribution in [2.45, 2.75) is 18.0 Å². The average molecular weight is 297 g/mol.